The van der Waals surface area contributed by atoms with Crippen LogP contribution in [-0.4, -0.2) is 38.2 Å². The number of nitrogens with zero attached hydrogens (tertiary/aromatic N) is 4. The smallest absolute Gasteiger partial charge is 0.141 e. The molecule has 3 rings (SSSR count). The zero-order chi connectivity index (χ0) is 24.2. The van der Waals surface area contributed by atoms with Crippen LogP contribution in [0.5, 0.6) is 5.75 Å². The number of benzene rings is 2. The van der Waals surface area contributed by atoms with Gasteiger partial charge in [-0.25, -0.2) is 9.97 Å². The summed E-state index contributed by atoms with van der Waals surface area (Å²) in [5, 5.41) is 30.7. The van der Waals surface area contributed by atoms with E-state index in [2.05, 4.69) is 21.9 Å². The SMILES string of the molecule is C=CN(CCNc1ncnc(N)c1C(=N)c1ccc(O)c(C#N)c1)Sc1ccccc1.CC. The number of phenols is 1. The number of hydrogen-bond donors (Lipinski definition) is 4. The molecule has 0 bridgehead atoms. The molecule has 33 heavy (non-hydrogen) atoms. The second-order valence-corrected chi connectivity index (χ2v) is 7.48. The number of aromatic hydroxyl groups is 1. The highest BCUT2D eigenvalue weighted by atomic mass is 32.2. The molecule has 5 N–H and O–H groups in total. The van der Waals surface area contributed by atoms with Crippen molar-refractivity contribution in [2.24, 2.45) is 0 Å². The first kappa shape index (κ1) is 25.2. The van der Waals surface area contributed by atoms with Crippen LogP contribution in [0.3, 0.4) is 0 Å². The van der Waals surface area contributed by atoms with E-state index in [9.17, 15) is 5.11 Å². The zero-order valence-electron chi connectivity index (χ0n) is 18.6. The zero-order valence-corrected chi connectivity index (χ0v) is 19.4. The Kier molecular flexibility index (Phi) is 9.74. The summed E-state index contributed by atoms with van der Waals surface area (Å²) in [5.41, 5.74) is 6.92. The van der Waals surface area contributed by atoms with E-state index in [-0.39, 0.29) is 22.8 Å². The van der Waals surface area contributed by atoms with Gasteiger partial charge in [0.2, 0.25) is 0 Å². The van der Waals surface area contributed by atoms with Crippen molar-refractivity contribution in [2.45, 2.75) is 18.7 Å². The van der Waals surface area contributed by atoms with Crippen molar-refractivity contribution in [3.8, 4) is 11.8 Å². The van der Waals surface area contributed by atoms with Gasteiger partial charge in [-0.1, -0.05) is 38.6 Å². The summed E-state index contributed by atoms with van der Waals surface area (Å²) >= 11 is 1.56. The van der Waals surface area contributed by atoms with Gasteiger partial charge in [0.1, 0.15) is 29.8 Å². The van der Waals surface area contributed by atoms with E-state index in [4.69, 9.17) is 16.4 Å². The highest BCUT2D eigenvalue weighted by Crippen LogP contribution is 2.25. The van der Waals surface area contributed by atoms with Crippen molar-refractivity contribution < 1.29 is 5.11 Å². The Bertz CT molecular complexity index is 1130. The summed E-state index contributed by atoms with van der Waals surface area (Å²) < 4.78 is 1.98. The molecule has 2 aromatic carbocycles. The minimum absolute atomic E-state index is 0.0522. The number of nitriles is 1. The maximum atomic E-state index is 9.72. The molecule has 0 aliphatic rings. The van der Waals surface area contributed by atoms with E-state index in [0.29, 0.717) is 30.0 Å². The average Bonchev–Trinajstić information content (AvgIpc) is 2.85. The van der Waals surface area contributed by atoms with Crippen LogP contribution in [-0.2, 0) is 0 Å². The fourth-order valence-corrected chi connectivity index (χ4v) is 3.59. The molecule has 8 nitrogen and oxygen atoms in total. The van der Waals surface area contributed by atoms with Crippen molar-refractivity contribution in [3.05, 3.63) is 84.3 Å². The van der Waals surface area contributed by atoms with Gasteiger partial charge in [-0.2, -0.15) is 5.26 Å². The van der Waals surface area contributed by atoms with E-state index in [1.54, 1.807) is 24.2 Å². The average molecular weight is 462 g/mol. The first-order chi connectivity index (χ1) is 16.0. The van der Waals surface area contributed by atoms with Gasteiger partial charge in [-0.05, 0) is 42.3 Å². The molecule has 0 aliphatic carbocycles. The molecular formula is C24H27N7OS. The second kappa shape index (κ2) is 12.7. The van der Waals surface area contributed by atoms with Gasteiger partial charge in [-0.3, -0.25) is 5.41 Å². The molecular weight excluding hydrogens is 434 g/mol. The predicted molar refractivity (Wildman–Crippen MR) is 134 cm³/mol. The number of hydrogen-bond acceptors (Lipinski definition) is 9. The lowest BCUT2D eigenvalue weighted by molar-refractivity contribution is 0.473. The first-order valence-electron chi connectivity index (χ1n) is 10.3. The number of rotatable bonds is 9. The van der Waals surface area contributed by atoms with Crippen LogP contribution in [0.15, 0.2) is 72.5 Å². The molecule has 170 valence electrons. The van der Waals surface area contributed by atoms with Gasteiger partial charge >= 0.3 is 0 Å². The van der Waals surface area contributed by atoms with E-state index in [1.165, 1.54) is 18.5 Å². The van der Waals surface area contributed by atoms with E-state index >= 15 is 0 Å². The molecule has 0 radical (unpaired) electrons. The fraction of sp³-hybridized carbons (Fsp3) is 0.167. The largest absolute Gasteiger partial charge is 0.507 e. The molecule has 0 fully saturated rings. The predicted octanol–water partition coefficient (Wildman–Crippen LogP) is 4.64. The Labute approximate surface area is 198 Å². The number of aromatic nitrogens is 2. The summed E-state index contributed by atoms with van der Waals surface area (Å²) in [6.45, 7) is 8.99. The minimum atomic E-state index is -0.143. The monoisotopic (exact) mass is 461 g/mol. The summed E-state index contributed by atoms with van der Waals surface area (Å²) in [5.74, 6) is 0.418. The summed E-state index contributed by atoms with van der Waals surface area (Å²) in [6.07, 6.45) is 3.08. The molecule has 0 amide bonds. The van der Waals surface area contributed by atoms with Crippen molar-refractivity contribution >= 4 is 29.3 Å². The number of nitrogens with two attached hydrogens (primary N) is 1. The normalized spacial score (nSPS) is 9.73. The van der Waals surface area contributed by atoms with Crippen LogP contribution in [0.1, 0.15) is 30.5 Å². The lowest BCUT2D eigenvalue weighted by atomic mass is 10.0. The Hall–Kier alpha value is -4.03. The Balaban J connectivity index is 0.00000187. The summed E-state index contributed by atoms with van der Waals surface area (Å²) in [6, 6.07) is 16.2. The highest BCUT2D eigenvalue weighted by Gasteiger charge is 2.17. The van der Waals surface area contributed by atoms with Crippen LogP contribution >= 0.6 is 11.9 Å². The maximum Gasteiger partial charge on any atom is 0.141 e. The molecule has 0 saturated heterocycles. The lowest BCUT2D eigenvalue weighted by Crippen LogP contribution is -2.21. The van der Waals surface area contributed by atoms with Crippen molar-refractivity contribution in [1.29, 1.82) is 10.7 Å². The maximum absolute atomic E-state index is 9.72. The first-order valence-corrected chi connectivity index (χ1v) is 11.1. The van der Waals surface area contributed by atoms with Gasteiger partial charge in [0.15, 0.2) is 0 Å². The molecule has 9 heteroatoms. The highest BCUT2D eigenvalue weighted by molar-refractivity contribution is 7.97. The van der Waals surface area contributed by atoms with Gasteiger partial charge in [0.25, 0.3) is 0 Å². The van der Waals surface area contributed by atoms with Gasteiger partial charge in [-0.15, -0.1) is 0 Å². The standard InChI is InChI=1S/C22H21N7OS.C2H6/c1-2-29(31-17-6-4-3-5-7-17)11-10-26-22-19(21(25)27-14-28-22)20(24)15-8-9-18(30)16(12-15)13-23;1-2/h2-9,12,14,24,30H,1,10-11H2,(H3,25,26,27,28);1-2H3. The van der Waals surface area contributed by atoms with E-state index < -0.39 is 0 Å². The second-order valence-electron chi connectivity index (χ2n) is 6.36. The minimum Gasteiger partial charge on any atom is -0.507 e. The molecule has 0 unspecified atom stereocenters. The molecule has 0 aliphatic heterocycles. The Morgan fingerprint density at radius 2 is 2.00 bits per heavy atom. The van der Waals surface area contributed by atoms with Crippen LogP contribution < -0.4 is 11.1 Å². The quantitative estimate of drug-likeness (QED) is 0.267. The van der Waals surface area contributed by atoms with Crippen LogP contribution in [0.2, 0.25) is 0 Å². The Morgan fingerprint density at radius 1 is 1.27 bits per heavy atom. The van der Waals surface area contributed by atoms with Gasteiger partial charge in [0, 0.05) is 29.7 Å². The number of nitrogen functional groups attached to an aromatic ring is 1. The third-order valence-corrected chi connectivity index (χ3v) is 5.38. The van der Waals surface area contributed by atoms with Crippen molar-refractivity contribution in [3.63, 3.8) is 0 Å². The van der Waals surface area contributed by atoms with Gasteiger partial charge in [0.05, 0.1) is 16.8 Å². The number of anilines is 2. The third-order valence-electron chi connectivity index (χ3n) is 4.33. The lowest BCUT2D eigenvalue weighted by Gasteiger charge is -2.20. The molecule has 0 atom stereocenters. The molecule has 1 heterocycles. The van der Waals surface area contributed by atoms with E-state index in [0.717, 1.165) is 4.90 Å². The van der Waals surface area contributed by atoms with Gasteiger partial charge < -0.3 is 20.5 Å². The molecule has 0 spiro atoms. The fourth-order valence-electron chi connectivity index (χ4n) is 2.78. The number of nitrogens with one attached hydrogen (secondary N) is 2. The third kappa shape index (κ3) is 6.72. The van der Waals surface area contributed by atoms with Crippen LogP contribution in [0, 0.1) is 16.7 Å². The topological polar surface area (TPSA) is 135 Å². The van der Waals surface area contributed by atoms with E-state index in [1.807, 2.05) is 54.6 Å². The number of phenolic OH excluding ortho intramolecular Hbond substituents is 1. The van der Waals surface area contributed by atoms with Crippen molar-refractivity contribution in [2.75, 3.05) is 24.1 Å². The summed E-state index contributed by atoms with van der Waals surface area (Å²) in [4.78, 5) is 9.34. The van der Waals surface area contributed by atoms with Crippen LogP contribution in [0.25, 0.3) is 0 Å². The molecule has 0 saturated carbocycles. The Morgan fingerprint density at radius 3 is 2.67 bits per heavy atom. The van der Waals surface area contributed by atoms with Crippen molar-refractivity contribution in [1.82, 2.24) is 14.3 Å². The summed E-state index contributed by atoms with van der Waals surface area (Å²) in [7, 11) is 0. The molecule has 3 aromatic rings. The van der Waals surface area contributed by atoms with Crippen LogP contribution in [0.4, 0.5) is 11.6 Å². The molecule has 1 aromatic heterocycles.